The van der Waals surface area contributed by atoms with Crippen LogP contribution in [-0.2, 0) is 0 Å². The lowest BCUT2D eigenvalue weighted by Gasteiger charge is -2.28. The third-order valence-corrected chi connectivity index (χ3v) is 2.21. The highest BCUT2D eigenvalue weighted by Gasteiger charge is 2.16. The van der Waals surface area contributed by atoms with E-state index in [2.05, 4.69) is 25.8 Å². The molecule has 0 aliphatic heterocycles. The SMILES string of the molecule is CCCC(C(C)O)N(C)CC. The van der Waals surface area contributed by atoms with Crippen molar-refractivity contribution in [2.75, 3.05) is 13.6 Å². The maximum atomic E-state index is 9.40. The van der Waals surface area contributed by atoms with Crippen molar-refractivity contribution in [1.82, 2.24) is 4.90 Å². The minimum Gasteiger partial charge on any atom is -0.392 e. The summed E-state index contributed by atoms with van der Waals surface area (Å²) in [6, 6.07) is 0.338. The van der Waals surface area contributed by atoms with E-state index in [1.54, 1.807) is 0 Å². The summed E-state index contributed by atoms with van der Waals surface area (Å²) in [5.41, 5.74) is 0. The van der Waals surface area contributed by atoms with Crippen molar-refractivity contribution in [2.45, 2.75) is 45.8 Å². The van der Waals surface area contributed by atoms with Gasteiger partial charge in [-0.05, 0) is 26.9 Å². The summed E-state index contributed by atoms with van der Waals surface area (Å²) in [6.07, 6.45) is 2.02. The zero-order valence-electron chi connectivity index (χ0n) is 8.17. The van der Waals surface area contributed by atoms with Crippen LogP contribution in [0, 0.1) is 0 Å². The molecule has 2 atom stereocenters. The number of likely N-dealkylation sites (N-methyl/N-ethyl adjacent to an activating group) is 1. The van der Waals surface area contributed by atoms with Crippen molar-refractivity contribution >= 4 is 0 Å². The Bertz CT molecular complexity index is 93.6. The molecule has 0 fully saturated rings. The van der Waals surface area contributed by atoms with Gasteiger partial charge in [0.15, 0.2) is 0 Å². The van der Waals surface area contributed by atoms with E-state index in [4.69, 9.17) is 0 Å². The van der Waals surface area contributed by atoms with E-state index in [1.165, 1.54) is 0 Å². The van der Waals surface area contributed by atoms with Gasteiger partial charge in [-0.15, -0.1) is 0 Å². The van der Waals surface area contributed by atoms with Crippen molar-refractivity contribution in [3.8, 4) is 0 Å². The number of hydrogen-bond acceptors (Lipinski definition) is 2. The molecule has 0 saturated heterocycles. The van der Waals surface area contributed by atoms with Crippen LogP contribution in [0.4, 0.5) is 0 Å². The predicted molar refractivity (Wildman–Crippen MR) is 48.7 cm³/mol. The lowest BCUT2D eigenvalue weighted by atomic mass is 10.1. The van der Waals surface area contributed by atoms with Gasteiger partial charge in [0, 0.05) is 6.04 Å². The molecule has 0 amide bonds. The Morgan fingerprint density at radius 1 is 1.36 bits per heavy atom. The van der Waals surface area contributed by atoms with Gasteiger partial charge in [-0.2, -0.15) is 0 Å². The van der Waals surface area contributed by atoms with Crippen LogP contribution in [0.2, 0.25) is 0 Å². The first-order valence-electron chi connectivity index (χ1n) is 4.51. The van der Waals surface area contributed by atoms with Gasteiger partial charge in [-0.1, -0.05) is 20.3 Å². The first kappa shape index (κ1) is 10.9. The highest BCUT2D eigenvalue weighted by atomic mass is 16.3. The molecule has 0 aliphatic carbocycles. The van der Waals surface area contributed by atoms with Gasteiger partial charge in [0.05, 0.1) is 6.10 Å². The molecule has 0 aliphatic rings. The molecule has 68 valence electrons. The molecule has 0 aromatic rings. The van der Waals surface area contributed by atoms with Gasteiger partial charge in [-0.3, -0.25) is 0 Å². The molecule has 11 heavy (non-hydrogen) atoms. The highest BCUT2D eigenvalue weighted by molar-refractivity contribution is 4.72. The van der Waals surface area contributed by atoms with Gasteiger partial charge in [0.25, 0.3) is 0 Å². The molecular weight excluding hydrogens is 138 g/mol. The van der Waals surface area contributed by atoms with Gasteiger partial charge >= 0.3 is 0 Å². The smallest absolute Gasteiger partial charge is 0.0667 e. The molecule has 2 unspecified atom stereocenters. The second-order valence-electron chi connectivity index (χ2n) is 3.17. The maximum absolute atomic E-state index is 9.40. The molecule has 0 radical (unpaired) electrons. The van der Waals surface area contributed by atoms with Crippen LogP contribution in [0.15, 0.2) is 0 Å². The number of rotatable bonds is 5. The normalized spacial score (nSPS) is 16.9. The lowest BCUT2D eigenvalue weighted by Crippen LogP contribution is -2.39. The Kier molecular flexibility index (Phi) is 5.51. The number of aliphatic hydroxyl groups excluding tert-OH is 1. The summed E-state index contributed by atoms with van der Waals surface area (Å²) in [5.74, 6) is 0. The molecule has 0 aromatic carbocycles. The molecule has 0 aromatic heterocycles. The van der Waals surface area contributed by atoms with Crippen LogP contribution >= 0.6 is 0 Å². The summed E-state index contributed by atoms with van der Waals surface area (Å²) in [4.78, 5) is 2.20. The maximum Gasteiger partial charge on any atom is 0.0667 e. The predicted octanol–water partition coefficient (Wildman–Crippen LogP) is 1.49. The van der Waals surface area contributed by atoms with Crippen LogP contribution in [0.1, 0.15) is 33.6 Å². The van der Waals surface area contributed by atoms with Crippen LogP contribution < -0.4 is 0 Å². The number of nitrogens with zero attached hydrogens (tertiary/aromatic N) is 1. The van der Waals surface area contributed by atoms with Crippen molar-refractivity contribution in [1.29, 1.82) is 0 Å². The Morgan fingerprint density at radius 2 is 1.91 bits per heavy atom. The average Bonchev–Trinajstić information content (AvgIpc) is 1.98. The van der Waals surface area contributed by atoms with Crippen molar-refractivity contribution in [2.24, 2.45) is 0 Å². The Labute approximate surface area is 70.2 Å². The Hall–Kier alpha value is -0.0800. The van der Waals surface area contributed by atoms with E-state index in [0.29, 0.717) is 6.04 Å². The first-order valence-corrected chi connectivity index (χ1v) is 4.51. The van der Waals surface area contributed by atoms with Gasteiger partial charge < -0.3 is 10.0 Å². The molecule has 0 spiro atoms. The van der Waals surface area contributed by atoms with E-state index < -0.39 is 0 Å². The fourth-order valence-electron chi connectivity index (χ4n) is 1.36. The second-order valence-corrected chi connectivity index (χ2v) is 3.17. The van der Waals surface area contributed by atoms with E-state index in [9.17, 15) is 5.11 Å². The Morgan fingerprint density at radius 3 is 2.18 bits per heavy atom. The largest absolute Gasteiger partial charge is 0.392 e. The zero-order chi connectivity index (χ0) is 8.85. The average molecular weight is 159 g/mol. The molecular formula is C9H21NO. The van der Waals surface area contributed by atoms with E-state index >= 15 is 0 Å². The van der Waals surface area contributed by atoms with E-state index in [-0.39, 0.29) is 6.10 Å². The van der Waals surface area contributed by atoms with Gasteiger partial charge in [-0.25, -0.2) is 0 Å². The van der Waals surface area contributed by atoms with Crippen LogP contribution in [0.25, 0.3) is 0 Å². The highest BCUT2D eigenvalue weighted by Crippen LogP contribution is 2.08. The summed E-state index contributed by atoms with van der Waals surface area (Å²) in [5, 5.41) is 9.40. The van der Waals surface area contributed by atoms with Gasteiger partial charge in [0.1, 0.15) is 0 Å². The minimum atomic E-state index is -0.208. The lowest BCUT2D eigenvalue weighted by molar-refractivity contribution is 0.0736. The van der Waals surface area contributed by atoms with Crippen molar-refractivity contribution in [3.05, 3.63) is 0 Å². The van der Waals surface area contributed by atoms with E-state index in [1.807, 2.05) is 6.92 Å². The fourth-order valence-corrected chi connectivity index (χ4v) is 1.36. The summed E-state index contributed by atoms with van der Waals surface area (Å²) >= 11 is 0. The Balaban J connectivity index is 3.87. The topological polar surface area (TPSA) is 23.5 Å². The van der Waals surface area contributed by atoms with Gasteiger partial charge in [0.2, 0.25) is 0 Å². The molecule has 0 rings (SSSR count). The van der Waals surface area contributed by atoms with Crippen LogP contribution in [-0.4, -0.2) is 35.7 Å². The number of aliphatic hydroxyl groups is 1. The number of hydrogen-bond donors (Lipinski definition) is 1. The minimum absolute atomic E-state index is 0.208. The zero-order valence-corrected chi connectivity index (χ0v) is 8.17. The molecule has 2 nitrogen and oxygen atoms in total. The fraction of sp³-hybridized carbons (Fsp3) is 1.00. The first-order chi connectivity index (χ1) is 5.13. The molecule has 0 saturated carbocycles. The molecule has 0 bridgehead atoms. The summed E-state index contributed by atoms with van der Waals surface area (Å²) in [7, 11) is 2.06. The molecule has 1 N–H and O–H groups in total. The monoisotopic (exact) mass is 159 g/mol. The van der Waals surface area contributed by atoms with Crippen LogP contribution in [0.3, 0.4) is 0 Å². The van der Waals surface area contributed by atoms with E-state index in [0.717, 1.165) is 19.4 Å². The third-order valence-electron chi connectivity index (χ3n) is 2.21. The summed E-state index contributed by atoms with van der Waals surface area (Å²) in [6.45, 7) is 7.14. The third kappa shape index (κ3) is 3.73. The quantitative estimate of drug-likeness (QED) is 0.657. The second kappa shape index (κ2) is 5.56. The molecule has 2 heteroatoms. The molecule has 0 heterocycles. The standard InChI is InChI=1S/C9H21NO/c1-5-7-9(8(3)11)10(4)6-2/h8-9,11H,5-7H2,1-4H3. The van der Waals surface area contributed by atoms with Crippen molar-refractivity contribution < 1.29 is 5.11 Å². The summed E-state index contributed by atoms with van der Waals surface area (Å²) < 4.78 is 0. The van der Waals surface area contributed by atoms with Crippen molar-refractivity contribution in [3.63, 3.8) is 0 Å². The van der Waals surface area contributed by atoms with Crippen LogP contribution in [0.5, 0.6) is 0 Å².